The van der Waals surface area contributed by atoms with E-state index in [1.165, 1.54) is 96.3 Å². The summed E-state index contributed by atoms with van der Waals surface area (Å²) in [6.07, 6.45) is 22.3. The van der Waals surface area contributed by atoms with Crippen molar-refractivity contribution in [2.75, 3.05) is 0 Å². The molecule has 2 N–H and O–H groups in total. The molecule has 0 amide bonds. The highest BCUT2D eigenvalue weighted by Crippen LogP contribution is 2.14. The lowest BCUT2D eigenvalue weighted by Crippen LogP contribution is -2.05. The smallest absolute Gasteiger partial charge is 0.300 e. The Morgan fingerprint density at radius 2 is 0.880 bits per heavy atom. The van der Waals surface area contributed by atoms with Crippen molar-refractivity contribution in [3.05, 3.63) is 0 Å². The van der Waals surface area contributed by atoms with Crippen LogP contribution >= 0.6 is 0 Å². The van der Waals surface area contributed by atoms with Gasteiger partial charge in [0, 0.05) is 6.92 Å². The monoisotopic (exact) mass is 358 g/mol. The van der Waals surface area contributed by atoms with Gasteiger partial charge in [0.25, 0.3) is 5.97 Å². The minimum absolute atomic E-state index is 0.0271. The average Bonchev–Trinajstić information content (AvgIpc) is 2.56. The lowest BCUT2D eigenvalue weighted by molar-refractivity contribution is -0.134. The molecule has 3 nitrogen and oxygen atoms in total. The summed E-state index contributed by atoms with van der Waals surface area (Å²) in [6.45, 7) is 5.62. The van der Waals surface area contributed by atoms with Crippen molar-refractivity contribution in [1.29, 1.82) is 0 Å². The zero-order chi connectivity index (χ0) is 19.2. The Morgan fingerprint density at radius 3 is 1.16 bits per heavy atom. The zero-order valence-corrected chi connectivity index (χ0v) is 17.4. The van der Waals surface area contributed by atoms with E-state index in [4.69, 9.17) is 9.90 Å². The van der Waals surface area contributed by atoms with Crippen LogP contribution in [-0.4, -0.2) is 22.3 Å². The summed E-state index contributed by atoms with van der Waals surface area (Å²) >= 11 is 0. The highest BCUT2D eigenvalue weighted by molar-refractivity contribution is 5.62. The Bertz CT molecular complexity index is 250. The van der Waals surface area contributed by atoms with Gasteiger partial charge >= 0.3 is 0 Å². The van der Waals surface area contributed by atoms with Crippen molar-refractivity contribution in [1.82, 2.24) is 0 Å². The van der Waals surface area contributed by atoms with Crippen molar-refractivity contribution in [3.8, 4) is 0 Å². The molecule has 0 spiro atoms. The van der Waals surface area contributed by atoms with Gasteiger partial charge in [0.2, 0.25) is 0 Å². The molecule has 0 aliphatic rings. The first kappa shape index (κ1) is 26.7. The Hall–Kier alpha value is -0.570. The molecule has 0 saturated carbocycles. The van der Waals surface area contributed by atoms with Crippen molar-refractivity contribution in [2.45, 2.75) is 136 Å². The van der Waals surface area contributed by atoms with E-state index in [-0.39, 0.29) is 6.10 Å². The molecule has 1 unspecified atom stereocenters. The van der Waals surface area contributed by atoms with E-state index < -0.39 is 5.97 Å². The third-order valence-electron chi connectivity index (χ3n) is 4.53. The van der Waals surface area contributed by atoms with Gasteiger partial charge in [-0.2, -0.15) is 0 Å². The predicted molar refractivity (Wildman–Crippen MR) is 109 cm³/mol. The van der Waals surface area contributed by atoms with Gasteiger partial charge in [0.15, 0.2) is 0 Å². The van der Waals surface area contributed by atoms with Crippen molar-refractivity contribution < 1.29 is 15.0 Å². The molecule has 0 fully saturated rings. The maximum atomic E-state index is 9.95. The van der Waals surface area contributed by atoms with Gasteiger partial charge < -0.3 is 10.2 Å². The minimum Gasteiger partial charge on any atom is -0.481 e. The van der Waals surface area contributed by atoms with Crippen LogP contribution in [0.1, 0.15) is 130 Å². The van der Waals surface area contributed by atoms with Gasteiger partial charge in [-0.15, -0.1) is 0 Å². The van der Waals surface area contributed by atoms with Gasteiger partial charge in [0.1, 0.15) is 0 Å². The van der Waals surface area contributed by atoms with Crippen LogP contribution in [0, 0.1) is 0 Å². The van der Waals surface area contributed by atoms with Gasteiger partial charge in [-0.05, 0) is 12.8 Å². The van der Waals surface area contributed by atoms with E-state index in [0.717, 1.165) is 19.8 Å². The van der Waals surface area contributed by atoms with Crippen LogP contribution in [0.25, 0.3) is 0 Å². The number of aliphatic hydroxyl groups excluding tert-OH is 1. The topological polar surface area (TPSA) is 57.5 Å². The standard InChI is InChI=1S/C20H42O.C2H4O2/c1-3-5-7-9-11-12-13-15-17-19-20(21)18-16-14-10-8-6-4-2;1-2(3)4/h20-21H,3-19H2,1-2H3;1H3,(H,3,4). The van der Waals surface area contributed by atoms with Crippen molar-refractivity contribution in [2.24, 2.45) is 0 Å². The molecule has 3 heteroatoms. The molecule has 0 radical (unpaired) electrons. The molecular weight excluding hydrogens is 312 g/mol. The first-order valence-corrected chi connectivity index (χ1v) is 10.9. The molecule has 0 aromatic rings. The van der Waals surface area contributed by atoms with Crippen LogP contribution in [0.4, 0.5) is 0 Å². The number of carboxylic acids is 1. The van der Waals surface area contributed by atoms with Gasteiger partial charge in [-0.1, -0.05) is 110 Å². The summed E-state index contributed by atoms with van der Waals surface area (Å²) in [4.78, 5) is 9.00. The van der Waals surface area contributed by atoms with E-state index in [9.17, 15) is 5.11 Å². The summed E-state index contributed by atoms with van der Waals surface area (Å²) in [5, 5.41) is 17.4. The van der Waals surface area contributed by atoms with Crippen LogP contribution in [0.5, 0.6) is 0 Å². The lowest BCUT2D eigenvalue weighted by Gasteiger charge is -2.10. The Kier molecular flexibility index (Phi) is 25.0. The van der Waals surface area contributed by atoms with Gasteiger partial charge in [-0.25, -0.2) is 0 Å². The molecular formula is C22H46O3. The number of aliphatic carboxylic acids is 1. The largest absolute Gasteiger partial charge is 0.481 e. The summed E-state index contributed by atoms with van der Waals surface area (Å²) < 4.78 is 0. The number of hydrogen-bond donors (Lipinski definition) is 2. The van der Waals surface area contributed by atoms with Crippen molar-refractivity contribution in [3.63, 3.8) is 0 Å². The van der Waals surface area contributed by atoms with Gasteiger partial charge in [0.05, 0.1) is 6.10 Å². The first-order valence-electron chi connectivity index (χ1n) is 10.9. The fourth-order valence-corrected chi connectivity index (χ4v) is 3.00. The number of aliphatic hydroxyl groups is 1. The molecule has 0 aromatic carbocycles. The van der Waals surface area contributed by atoms with Crippen LogP contribution in [-0.2, 0) is 4.79 Å². The van der Waals surface area contributed by atoms with E-state index in [0.29, 0.717) is 0 Å². The normalized spacial score (nSPS) is 11.7. The predicted octanol–water partition coefficient (Wildman–Crippen LogP) is 7.11. The molecule has 25 heavy (non-hydrogen) atoms. The van der Waals surface area contributed by atoms with E-state index >= 15 is 0 Å². The molecule has 0 aliphatic heterocycles. The van der Waals surface area contributed by atoms with Gasteiger partial charge in [-0.3, -0.25) is 4.79 Å². The number of hydrogen-bond acceptors (Lipinski definition) is 2. The van der Waals surface area contributed by atoms with E-state index in [2.05, 4.69) is 13.8 Å². The van der Waals surface area contributed by atoms with E-state index in [1.807, 2.05) is 0 Å². The molecule has 0 heterocycles. The second-order valence-electron chi connectivity index (χ2n) is 7.35. The van der Waals surface area contributed by atoms with E-state index in [1.54, 1.807) is 0 Å². The highest BCUT2D eigenvalue weighted by Gasteiger charge is 2.03. The average molecular weight is 359 g/mol. The summed E-state index contributed by atoms with van der Waals surface area (Å²) in [7, 11) is 0. The minimum atomic E-state index is -0.833. The Labute approximate surface area is 157 Å². The fourth-order valence-electron chi connectivity index (χ4n) is 3.00. The number of unbranched alkanes of at least 4 members (excludes halogenated alkanes) is 13. The number of carboxylic acid groups (broad SMARTS) is 1. The zero-order valence-electron chi connectivity index (χ0n) is 17.4. The number of carbonyl (C=O) groups is 1. The molecule has 0 bridgehead atoms. The second kappa shape index (κ2) is 23.4. The summed E-state index contributed by atoms with van der Waals surface area (Å²) in [6, 6.07) is 0. The molecule has 0 aromatic heterocycles. The lowest BCUT2D eigenvalue weighted by atomic mass is 10.0. The summed E-state index contributed by atoms with van der Waals surface area (Å²) in [5.74, 6) is -0.833. The SMILES string of the molecule is CC(=O)O.CCCCCCCCCCCC(O)CCCCCCCC. The quantitative estimate of drug-likeness (QED) is 0.272. The number of rotatable bonds is 17. The van der Waals surface area contributed by atoms with Crippen LogP contribution in [0.3, 0.4) is 0 Å². The highest BCUT2D eigenvalue weighted by atomic mass is 16.4. The second-order valence-corrected chi connectivity index (χ2v) is 7.35. The Morgan fingerprint density at radius 1 is 0.640 bits per heavy atom. The van der Waals surface area contributed by atoms with Crippen LogP contribution in [0.2, 0.25) is 0 Å². The molecule has 1 atom stereocenters. The maximum Gasteiger partial charge on any atom is 0.300 e. The van der Waals surface area contributed by atoms with Crippen LogP contribution < -0.4 is 0 Å². The molecule has 0 saturated heterocycles. The first-order chi connectivity index (χ1) is 12.0. The molecule has 0 rings (SSSR count). The fraction of sp³-hybridized carbons (Fsp3) is 0.955. The summed E-state index contributed by atoms with van der Waals surface area (Å²) in [5.41, 5.74) is 0. The third-order valence-corrected chi connectivity index (χ3v) is 4.53. The Balaban J connectivity index is 0. The molecule has 0 aliphatic carbocycles. The third kappa shape index (κ3) is 31.7. The van der Waals surface area contributed by atoms with Crippen LogP contribution in [0.15, 0.2) is 0 Å². The van der Waals surface area contributed by atoms with Crippen molar-refractivity contribution >= 4 is 5.97 Å². The maximum absolute atomic E-state index is 9.95. The molecule has 152 valence electrons.